The summed E-state index contributed by atoms with van der Waals surface area (Å²) in [5, 5.41) is 9.16. The summed E-state index contributed by atoms with van der Waals surface area (Å²) in [6.07, 6.45) is 2.57. The number of aliphatic hydroxyl groups is 1. The van der Waals surface area contributed by atoms with Crippen LogP contribution in [0.5, 0.6) is 0 Å². The Morgan fingerprint density at radius 1 is 1.42 bits per heavy atom. The normalized spacial score (nSPS) is 22.1. The zero-order chi connectivity index (χ0) is 8.97. The summed E-state index contributed by atoms with van der Waals surface area (Å²) in [6, 6.07) is 0. The number of nitrogens with zero attached hydrogens (tertiary/aromatic N) is 1. The predicted octanol–water partition coefficient (Wildman–Crippen LogP) is -0.682. The molecule has 12 heavy (non-hydrogen) atoms. The van der Waals surface area contributed by atoms with Gasteiger partial charge in [-0.15, -0.1) is 0 Å². The third kappa shape index (κ3) is 2.79. The summed E-state index contributed by atoms with van der Waals surface area (Å²) in [5.74, 6) is -0.624. The molecule has 0 radical (unpaired) electrons. The molecule has 0 bridgehead atoms. The summed E-state index contributed by atoms with van der Waals surface area (Å²) in [5.41, 5.74) is 4.94. The summed E-state index contributed by atoms with van der Waals surface area (Å²) in [6.45, 7) is 2.35. The minimum atomic E-state index is -0.997. The van der Waals surface area contributed by atoms with E-state index in [0.717, 1.165) is 25.9 Å². The van der Waals surface area contributed by atoms with Crippen LogP contribution in [0.2, 0.25) is 0 Å². The van der Waals surface area contributed by atoms with Gasteiger partial charge in [-0.3, -0.25) is 4.79 Å². The first-order chi connectivity index (χ1) is 5.70. The minimum absolute atomic E-state index is 0.398. The molecule has 1 amide bonds. The van der Waals surface area contributed by atoms with Crippen LogP contribution >= 0.6 is 0 Å². The van der Waals surface area contributed by atoms with Crippen molar-refractivity contribution in [2.75, 3.05) is 19.6 Å². The number of likely N-dealkylation sites (tertiary alicyclic amines) is 1. The molecule has 0 unspecified atom stereocenters. The number of primary amides is 1. The van der Waals surface area contributed by atoms with Gasteiger partial charge in [0.2, 0.25) is 5.91 Å². The van der Waals surface area contributed by atoms with Gasteiger partial charge in [-0.25, -0.2) is 0 Å². The summed E-state index contributed by atoms with van der Waals surface area (Å²) >= 11 is 0. The first-order valence-electron chi connectivity index (χ1n) is 4.40. The molecule has 4 nitrogen and oxygen atoms in total. The zero-order valence-corrected chi connectivity index (χ0v) is 7.20. The van der Waals surface area contributed by atoms with Crippen LogP contribution in [0.4, 0.5) is 0 Å². The SMILES string of the molecule is NC(=O)[C@H](O)CN1CCCCC1. The van der Waals surface area contributed by atoms with E-state index in [0.29, 0.717) is 6.54 Å². The molecule has 0 aromatic rings. The van der Waals surface area contributed by atoms with Crippen LogP contribution in [0.3, 0.4) is 0 Å². The minimum Gasteiger partial charge on any atom is -0.382 e. The highest BCUT2D eigenvalue weighted by molar-refractivity contribution is 5.78. The molecule has 1 atom stereocenters. The van der Waals surface area contributed by atoms with E-state index in [1.165, 1.54) is 6.42 Å². The molecule has 3 N–H and O–H groups in total. The van der Waals surface area contributed by atoms with E-state index in [1.807, 2.05) is 0 Å². The van der Waals surface area contributed by atoms with Gasteiger partial charge < -0.3 is 15.7 Å². The van der Waals surface area contributed by atoms with Crippen LogP contribution in [-0.4, -0.2) is 41.7 Å². The Kier molecular flexibility index (Phi) is 3.49. The molecule has 0 spiro atoms. The van der Waals surface area contributed by atoms with Crippen molar-refractivity contribution >= 4 is 5.91 Å². The second-order valence-electron chi connectivity index (χ2n) is 3.28. The standard InChI is InChI=1S/C8H16N2O2/c9-8(12)7(11)6-10-4-2-1-3-5-10/h7,11H,1-6H2,(H2,9,12)/t7-/m1/s1. The van der Waals surface area contributed by atoms with Crippen molar-refractivity contribution in [1.82, 2.24) is 4.90 Å². The first kappa shape index (κ1) is 9.48. The fourth-order valence-corrected chi connectivity index (χ4v) is 1.48. The van der Waals surface area contributed by atoms with Gasteiger partial charge in [-0.1, -0.05) is 6.42 Å². The van der Waals surface area contributed by atoms with Crippen molar-refractivity contribution in [1.29, 1.82) is 0 Å². The Balaban J connectivity index is 2.24. The molecule has 1 rings (SSSR count). The smallest absolute Gasteiger partial charge is 0.247 e. The van der Waals surface area contributed by atoms with Gasteiger partial charge in [0.25, 0.3) is 0 Å². The van der Waals surface area contributed by atoms with E-state index in [9.17, 15) is 4.79 Å². The Morgan fingerprint density at radius 3 is 2.50 bits per heavy atom. The third-order valence-corrected chi connectivity index (χ3v) is 2.21. The molecule has 1 saturated heterocycles. The van der Waals surface area contributed by atoms with Gasteiger partial charge in [0.1, 0.15) is 6.10 Å². The van der Waals surface area contributed by atoms with Crippen LogP contribution in [0.25, 0.3) is 0 Å². The number of carbonyl (C=O) groups is 1. The lowest BCUT2D eigenvalue weighted by Crippen LogP contribution is -2.42. The van der Waals surface area contributed by atoms with Gasteiger partial charge in [0, 0.05) is 6.54 Å². The van der Waals surface area contributed by atoms with Crippen LogP contribution in [-0.2, 0) is 4.79 Å². The molecule has 0 saturated carbocycles. The van der Waals surface area contributed by atoms with Crippen molar-refractivity contribution in [3.8, 4) is 0 Å². The maximum atomic E-state index is 10.5. The topological polar surface area (TPSA) is 66.6 Å². The fourth-order valence-electron chi connectivity index (χ4n) is 1.48. The molecule has 4 heteroatoms. The Morgan fingerprint density at radius 2 is 2.00 bits per heavy atom. The maximum absolute atomic E-state index is 10.5. The number of hydrogen-bond acceptors (Lipinski definition) is 3. The molecule has 0 aliphatic carbocycles. The molecule has 1 fully saturated rings. The van der Waals surface area contributed by atoms with E-state index in [2.05, 4.69) is 4.90 Å². The fraction of sp³-hybridized carbons (Fsp3) is 0.875. The van der Waals surface area contributed by atoms with Crippen molar-refractivity contribution in [2.45, 2.75) is 25.4 Å². The third-order valence-electron chi connectivity index (χ3n) is 2.21. The number of piperidine rings is 1. The Labute approximate surface area is 72.3 Å². The molecule has 70 valence electrons. The number of aliphatic hydroxyl groups excluding tert-OH is 1. The van der Waals surface area contributed by atoms with E-state index >= 15 is 0 Å². The van der Waals surface area contributed by atoms with Crippen molar-refractivity contribution in [2.24, 2.45) is 5.73 Å². The lowest BCUT2D eigenvalue weighted by molar-refractivity contribution is -0.127. The average Bonchev–Trinajstić information content (AvgIpc) is 2.06. The van der Waals surface area contributed by atoms with E-state index in [1.54, 1.807) is 0 Å². The van der Waals surface area contributed by atoms with E-state index in [4.69, 9.17) is 10.8 Å². The highest BCUT2D eigenvalue weighted by atomic mass is 16.3. The highest BCUT2D eigenvalue weighted by Crippen LogP contribution is 2.08. The molecular formula is C8H16N2O2. The van der Waals surface area contributed by atoms with Crippen LogP contribution in [0.1, 0.15) is 19.3 Å². The summed E-state index contributed by atoms with van der Waals surface area (Å²) in [7, 11) is 0. The molecule has 1 heterocycles. The molecular weight excluding hydrogens is 156 g/mol. The van der Waals surface area contributed by atoms with E-state index < -0.39 is 12.0 Å². The van der Waals surface area contributed by atoms with Crippen molar-refractivity contribution in [3.05, 3.63) is 0 Å². The average molecular weight is 172 g/mol. The summed E-state index contributed by atoms with van der Waals surface area (Å²) < 4.78 is 0. The van der Waals surface area contributed by atoms with Gasteiger partial charge in [0.05, 0.1) is 0 Å². The highest BCUT2D eigenvalue weighted by Gasteiger charge is 2.17. The second kappa shape index (κ2) is 4.42. The van der Waals surface area contributed by atoms with Gasteiger partial charge in [-0.2, -0.15) is 0 Å². The Hall–Kier alpha value is -0.610. The largest absolute Gasteiger partial charge is 0.382 e. The monoisotopic (exact) mass is 172 g/mol. The second-order valence-corrected chi connectivity index (χ2v) is 3.28. The van der Waals surface area contributed by atoms with E-state index in [-0.39, 0.29) is 0 Å². The first-order valence-corrected chi connectivity index (χ1v) is 4.40. The summed E-state index contributed by atoms with van der Waals surface area (Å²) in [4.78, 5) is 12.6. The molecule has 1 aliphatic heterocycles. The number of amides is 1. The number of carbonyl (C=O) groups excluding carboxylic acids is 1. The zero-order valence-electron chi connectivity index (χ0n) is 7.20. The van der Waals surface area contributed by atoms with Crippen LogP contribution in [0, 0.1) is 0 Å². The maximum Gasteiger partial charge on any atom is 0.247 e. The number of β-amino-alcohol motifs (C(OH)–C–C–N with tert-alkyl or cyclic N) is 1. The van der Waals surface area contributed by atoms with Gasteiger partial charge >= 0.3 is 0 Å². The Bertz CT molecular complexity index is 155. The lowest BCUT2D eigenvalue weighted by Gasteiger charge is -2.27. The molecule has 0 aromatic heterocycles. The van der Waals surface area contributed by atoms with Gasteiger partial charge in [-0.05, 0) is 25.9 Å². The lowest BCUT2D eigenvalue weighted by atomic mass is 10.1. The van der Waals surface area contributed by atoms with Crippen LogP contribution < -0.4 is 5.73 Å². The number of nitrogens with two attached hydrogens (primary N) is 1. The number of rotatable bonds is 3. The quantitative estimate of drug-likeness (QED) is 0.592. The van der Waals surface area contributed by atoms with Crippen LogP contribution in [0.15, 0.2) is 0 Å². The predicted molar refractivity (Wildman–Crippen MR) is 45.5 cm³/mol. The molecule has 1 aliphatic rings. The van der Waals surface area contributed by atoms with Crippen molar-refractivity contribution < 1.29 is 9.90 Å². The number of hydrogen-bond donors (Lipinski definition) is 2. The van der Waals surface area contributed by atoms with Gasteiger partial charge in [0.15, 0.2) is 0 Å². The molecule has 0 aromatic carbocycles. The van der Waals surface area contributed by atoms with Crippen molar-refractivity contribution in [3.63, 3.8) is 0 Å².